The Morgan fingerprint density at radius 2 is 0.563 bits per heavy atom. The molecule has 33 heteroatoms. The van der Waals surface area contributed by atoms with Crippen molar-refractivity contribution in [1.29, 1.82) is 0 Å². The zero-order valence-corrected chi connectivity index (χ0v) is 74.7. The van der Waals surface area contributed by atoms with E-state index in [1.807, 2.05) is 267 Å². The number of nitrogen functional groups attached to an aromatic ring is 4. The summed E-state index contributed by atoms with van der Waals surface area (Å²) < 4.78 is 31.2. The molecule has 16 aromatic rings. The summed E-state index contributed by atoms with van der Waals surface area (Å²) in [6, 6.07) is 69.3. The number of likely N-dealkylation sites (N-methyl/N-ethyl adjacent to an activating group) is 1. The molecule has 4 atom stereocenters. The van der Waals surface area contributed by atoms with Gasteiger partial charge in [0.05, 0.1) is 45.7 Å². The number of ether oxygens (including phenoxy) is 4. The van der Waals surface area contributed by atoms with Crippen molar-refractivity contribution in [3.8, 4) is 91.0 Å². The van der Waals surface area contributed by atoms with Crippen molar-refractivity contribution < 1.29 is 38.1 Å². The van der Waals surface area contributed by atoms with Gasteiger partial charge in [-0.3, -0.25) is 19.2 Å². The van der Waals surface area contributed by atoms with Crippen LogP contribution in [-0.4, -0.2) is 200 Å². The number of carbonyl (C=O) groups is 4. The van der Waals surface area contributed by atoms with Gasteiger partial charge in [0.1, 0.15) is 117 Å². The molecule has 0 unspecified atom stereocenters. The highest BCUT2D eigenvalue weighted by atomic mass is 16.5. The summed E-state index contributed by atoms with van der Waals surface area (Å²) in [7, 11) is 3.95. The Balaban J connectivity index is 0.000000125. The van der Waals surface area contributed by atoms with Gasteiger partial charge in [-0.2, -0.15) is 20.4 Å². The Morgan fingerprint density at radius 1 is 0.326 bits per heavy atom. The van der Waals surface area contributed by atoms with Crippen LogP contribution in [0, 0.1) is 0 Å². The Bertz CT molecular complexity index is 6740. The first-order chi connectivity index (χ1) is 65.9. The first kappa shape index (κ1) is 90.1. The number of aromatic nitrogens is 16. The minimum Gasteiger partial charge on any atom is -0.457 e. The van der Waals surface area contributed by atoms with Crippen LogP contribution in [-0.2, 0) is 19.2 Å². The van der Waals surface area contributed by atoms with E-state index < -0.39 is 0 Å². The number of rotatable bonds is 22. The lowest BCUT2D eigenvalue weighted by Crippen LogP contribution is -2.40. The predicted molar refractivity (Wildman–Crippen MR) is 520 cm³/mol. The van der Waals surface area contributed by atoms with Crippen molar-refractivity contribution in [2.45, 2.75) is 69.1 Å². The minimum atomic E-state index is -0.0765. The summed E-state index contributed by atoms with van der Waals surface area (Å²) in [5, 5.41) is 22.5. The fraction of sp³-hybridized carbons (Fsp3) is 0.216. The zero-order chi connectivity index (χ0) is 93.4. The summed E-state index contributed by atoms with van der Waals surface area (Å²) in [4.78, 5) is 93.2. The average molecular weight is 1810 g/mol. The lowest BCUT2D eigenvalue weighted by molar-refractivity contribution is -0.128. The number of nitrogens with zero attached hydrogens (tertiary/aromatic N) is 21. The third-order valence-electron chi connectivity index (χ3n) is 23.7. The van der Waals surface area contributed by atoms with Crippen LogP contribution < -0.4 is 41.9 Å². The van der Waals surface area contributed by atoms with Crippen molar-refractivity contribution in [3.05, 3.63) is 294 Å². The maximum atomic E-state index is 12.8. The molecule has 0 aliphatic carbocycles. The lowest BCUT2D eigenvalue weighted by Gasteiger charge is -2.32. The second-order valence-corrected chi connectivity index (χ2v) is 33.0. The third-order valence-corrected chi connectivity index (χ3v) is 23.7. The molecular weight excluding hydrogens is 1700 g/mol. The molecule has 8 aromatic heterocycles. The van der Waals surface area contributed by atoms with Crippen LogP contribution in [0.1, 0.15) is 69.1 Å². The fourth-order valence-electron chi connectivity index (χ4n) is 17.1. The number of amides is 4. The molecule has 4 aliphatic heterocycles. The van der Waals surface area contributed by atoms with Gasteiger partial charge in [0.2, 0.25) is 23.6 Å². The molecule has 0 spiro atoms. The molecule has 20 rings (SSSR count). The molecule has 4 aliphatic rings. The van der Waals surface area contributed by atoms with Crippen LogP contribution in [0.5, 0.6) is 46.0 Å². The summed E-state index contributed by atoms with van der Waals surface area (Å²) in [5.41, 5.74) is 34.1. The molecule has 8 aromatic carbocycles. The molecule has 682 valence electrons. The van der Waals surface area contributed by atoms with Gasteiger partial charge in [-0.1, -0.05) is 98.6 Å². The maximum Gasteiger partial charge on any atom is 0.246 e. The van der Waals surface area contributed by atoms with Crippen molar-refractivity contribution in [2.24, 2.45) is 0 Å². The van der Waals surface area contributed by atoms with E-state index in [1.165, 1.54) is 43.5 Å². The van der Waals surface area contributed by atoms with Gasteiger partial charge in [-0.15, -0.1) is 0 Å². The van der Waals surface area contributed by atoms with Crippen LogP contribution in [0.25, 0.3) is 89.2 Å². The topological polar surface area (TPSA) is 400 Å². The summed E-state index contributed by atoms with van der Waals surface area (Å²) in [6.45, 7) is 16.6. The van der Waals surface area contributed by atoms with Crippen LogP contribution in [0.2, 0.25) is 0 Å². The number of carbonyl (C=O) groups excluding carboxylic acids is 4. The smallest absolute Gasteiger partial charge is 0.246 e. The molecule has 135 heavy (non-hydrogen) atoms. The Hall–Kier alpha value is -16.8. The number of benzene rings is 8. The monoisotopic (exact) mass is 1800 g/mol. The second-order valence-electron chi connectivity index (χ2n) is 33.0. The number of para-hydroxylation sites is 4. The quantitative estimate of drug-likeness (QED) is 0.0458. The molecule has 0 radical (unpaired) electrons. The van der Waals surface area contributed by atoms with E-state index >= 15 is 0 Å². The average Bonchev–Trinajstić information content (AvgIpc) is 1.62. The molecule has 0 saturated carbocycles. The van der Waals surface area contributed by atoms with E-state index in [9.17, 15) is 19.2 Å². The van der Waals surface area contributed by atoms with Crippen LogP contribution >= 0.6 is 0 Å². The summed E-state index contributed by atoms with van der Waals surface area (Å²) in [6.07, 6.45) is 19.5. The van der Waals surface area contributed by atoms with E-state index in [1.54, 1.807) is 20.8 Å². The predicted octanol–water partition coefficient (Wildman–Crippen LogP) is 16.4. The van der Waals surface area contributed by atoms with Gasteiger partial charge in [0, 0.05) is 87.2 Å². The molecular formula is C102H101N25O8. The summed E-state index contributed by atoms with van der Waals surface area (Å²) in [5.74, 6) is 7.30. The molecule has 33 nitrogen and oxygen atoms in total. The van der Waals surface area contributed by atoms with Gasteiger partial charge >= 0.3 is 0 Å². The van der Waals surface area contributed by atoms with E-state index in [0.717, 1.165) is 126 Å². The first-order valence-electron chi connectivity index (χ1n) is 44.5. The summed E-state index contributed by atoms with van der Waals surface area (Å²) >= 11 is 0. The SMILES string of the molecule is C=CC(=O)N1CCC[C@@H](n2nc(-c3ccc(Oc4ccccc4)cc3)c3c(N)ncnc32)C1.C=CC(=O)N1CCC[C@H](n2nc(-c3ccc(Oc4ccccc4)cc3)c3c(N)ncnc32)C1.C=CC(=O)N1CC[C@H](n2nc(-c3ccc(Oc4ccccc4)cc3)c3c(N)ncnc32)C1.CN(C)C/C=C/C(=O)N1CCC[C@@H](n2nc(-c3ccc(Oc4ccccc4)cc3)c3c(N)ncnc32)C1. The number of nitrogens with two attached hydrogens (primary N) is 4. The van der Waals surface area contributed by atoms with E-state index in [4.69, 9.17) is 62.3 Å². The molecule has 4 amide bonds. The minimum absolute atomic E-state index is 0.00476. The van der Waals surface area contributed by atoms with E-state index in [2.05, 4.69) is 59.6 Å². The van der Waals surface area contributed by atoms with Crippen molar-refractivity contribution in [3.63, 3.8) is 0 Å². The van der Waals surface area contributed by atoms with E-state index in [0.29, 0.717) is 136 Å². The Kier molecular flexibility index (Phi) is 27.7. The lowest BCUT2D eigenvalue weighted by atomic mass is 10.1. The fourth-order valence-corrected chi connectivity index (χ4v) is 17.1. The molecule has 8 N–H and O–H groups in total. The van der Waals surface area contributed by atoms with Crippen LogP contribution in [0.3, 0.4) is 0 Å². The number of hydrogen-bond acceptors (Lipinski definition) is 25. The number of anilines is 4. The van der Waals surface area contributed by atoms with Gasteiger partial charge in [-0.05, 0) is 223 Å². The standard InChI is InChI=1S/C28H31N7O2.2C25H24N6O2.C24H22N6O2/c1-33(2)16-7-11-24(36)34-17-6-8-21(18-34)35-28-25(27(29)30-19-31-28)26(32-35)20-12-14-23(15-13-20)37-22-9-4-3-5-10-22;2*1-2-21(32)30-14-6-7-18(15-30)31-25-22(24(26)27-16-28-25)23(29-31)17-10-12-20(13-11-17)33-19-8-4-3-5-9-19;1-2-20(31)29-13-12-17(14-29)30-24-21(23(25)26-15-27-24)22(28-30)16-8-10-19(11-9-16)32-18-6-4-3-5-7-18/h3-5,7,9-15,19,21H,6,8,16-18H2,1-2H3,(H2,29,30,31);2*2-5,8-13,16,18H,1,6-7,14-15H2,(H2,26,27,28);2-11,15,17H,1,12-14H2,(H2,25,26,27)/b11-7+;;;/t21-;2*18-;17-/m1100/s1. The number of piperidine rings is 3. The first-order valence-corrected chi connectivity index (χ1v) is 44.5. The highest BCUT2D eigenvalue weighted by Crippen LogP contribution is 2.42. The van der Waals surface area contributed by atoms with Gasteiger partial charge in [0.25, 0.3) is 0 Å². The molecule has 12 heterocycles. The largest absolute Gasteiger partial charge is 0.457 e. The van der Waals surface area contributed by atoms with Crippen LogP contribution in [0.15, 0.2) is 294 Å². The molecule has 0 bridgehead atoms. The van der Waals surface area contributed by atoms with Crippen molar-refractivity contribution in [2.75, 3.05) is 95.9 Å². The van der Waals surface area contributed by atoms with Gasteiger partial charge < -0.3 is 66.4 Å². The van der Waals surface area contributed by atoms with Crippen LogP contribution in [0.4, 0.5) is 23.3 Å². The zero-order valence-electron chi connectivity index (χ0n) is 74.7. The van der Waals surface area contributed by atoms with Crippen molar-refractivity contribution >= 4 is 91.0 Å². The third kappa shape index (κ3) is 20.7. The molecule has 4 saturated heterocycles. The highest BCUT2D eigenvalue weighted by Gasteiger charge is 2.34. The van der Waals surface area contributed by atoms with Gasteiger partial charge in [0.15, 0.2) is 22.6 Å². The number of fused-ring (bicyclic) bond motifs is 4. The Labute approximate surface area is 778 Å². The maximum absolute atomic E-state index is 12.8. The van der Waals surface area contributed by atoms with Crippen molar-refractivity contribution in [1.82, 2.24) is 103 Å². The second kappa shape index (κ2) is 41.5. The Morgan fingerprint density at radius 3 is 0.815 bits per heavy atom. The molecule has 4 fully saturated rings. The van der Waals surface area contributed by atoms with Gasteiger partial charge in [-0.25, -0.2) is 58.6 Å². The van der Waals surface area contributed by atoms with E-state index in [-0.39, 0.29) is 47.8 Å². The normalized spacial score (nSPS) is 16.0. The highest BCUT2D eigenvalue weighted by molar-refractivity contribution is 6.02. The number of likely N-dealkylation sites (tertiary alicyclic amines) is 4. The number of hydrogen-bond donors (Lipinski definition) is 4.